The van der Waals surface area contributed by atoms with Gasteiger partial charge in [-0.2, -0.15) is 5.10 Å². The molecule has 2 rings (SSSR count). The molecule has 0 aromatic carbocycles. The van der Waals surface area contributed by atoms with Crippen molar-refractivity contribution in [2.45, 2.75) is 26.2 Å². The number of nitrogen functional groups attached to an aromatic ring is 1. The zero-order valence-electron chi connectivity index (χ0n) is 9.57. The van der Waals surface area contributed by atoms with Gasteiger partial charge in [-0.15, -0.1) is 0 Å². The summed E-state index contributed by atoms with van der Waals surface area (Å²) in [6.45, 7) is 4.32. The SMILES string of the molecule is CCC(C)c1[nH]nc(N)c1-c1ccncc1. The zero-order valence-corrected chi connectivity index (χ0v) is 9.57. The van der Waals surface area contributed by atoms with E-state index in [1.54, 1.807) is 12.4 Å². The molecule has 2 aromatic heterocycles. The van der Waals surface area contributed by atoms with Crippen molar-refractivity contribution in [1.29, 1.82) is 0 Å². The minimum atomic E-state index is 0.424. The molecule has 84 valence electrons. The minimum absolute atomic E-state index is 0.424. The maximum Gasteiger partial charge on any atom is 0.153 e. The van der Waals surface area contributed by atoms with Crippen LogP contribution in [-0.4, -0.2) is 15.2 Å². The Bertz CT molecular complexity index is 461. The van der Waals surface area contributed by atoms with Crippen molar-refractivity contribution in [2.75, 3.05) is 5.73 Å². The second kappa shape index (κ2) is 4.35. The van der Waals surface area contributed by atoms with Crippen LogP contribution in [-0.2, 0) is 0 Å². The van der Waals surface area contributed by atoms with E-state index in [9.17, 15) is 0 Å². The molecule has 0 saturated heterocycles. The first-order valence-corrected chi connectivity index (χ1v) is 5.48. The lowest BCUT2D eigenvalue weighted by Gasteiger charge is -2.09. The van der Waals surface area contributed by atoms with Gasteiger partial charge in [0.25, 0.3) is 0 Å². The maximum absolute atomic E-state index is 5.90. The number of nitrogens with one attached hydrogen (secondary N) is 1. The smallest absolute Gasteiger partial charge is 0.153 e. The second-order valence-electron chi connectivity index (χ2n) is 3.94. The molecule has 16 heavy (non-hydrogen) atoms. The van der Waals surface area contributed by atoms with Crippen LogP contribution in [0.4, 0.5) is 5.82 Å². The topological polar surface area (TPSA) is 67.6 Å². The first-order valence-electron chi connectivity index (χ1n) is 5.48. The monoisotopic (exact) mass is 216 g/mol. The fraction of sp³-hybridized carbons (Fsp3) is 0.333. The largest absolute Gasteiger partial charge is 0.382 e. The molecule has 0 spiro atoms. The molecule has 1 atom stereocenters. The maximum atomic E-state index is 5.90. The van der Waals surface area contributed by atoms with E-state index in [0.717, 1.165) is 23.2 Å². The highest BCUT2D eigenvalue weighted by atomic mass is 15.2. The Morgan fingerprint density at radius 1 is 1.38 bits per heavy atom. The Morgan fingerprint density at radius 3 is 2.69 bits per heavy atom. The molecule has 1 unspecified atom stereocenters. The molecule has 0 aliphatic carbocycles. The number of rotatable bonds is 3. The Morgan fingerprint density at radius 2 is 2.06 bits per heavy atom. The van der Waals surface area contributed by atoms with Gasteiger partial charge >= 0.3 is 0 Å². The highest BCUT2D eigenvalue weighted by molar-refractivity contribution is 5.76. The molecule has 3 N–H and O–H groups in total. The molecule has 4 heteroatoms. The molecule has 4 nitrogen and oxygen atoms in total. The molecule has 0 amide bonds. The number of H-pyrrole nitrogens is 1. The molecular formula is C12H16N4. The summed E-state index contributed by atoms with van der Waals surface area (Å²) >= 11 is 0. The van der Waals surface area contributed by atoms with E-state index >= 15 is 0 Å². The first kappa shape index (κ1) is 10.7. The summed E-state index contributed by atoms with van der Waals surface area (Å²) in [5.74, 6) is 0.981. The summed E-state index contributed by atoms with van der Waals surface area (Å²) in [4.78, 5) is 4.01. The van der Waals surface area contributed by atoms with Crippen LogP contribution >= 0.6 is 0 Å². The third-order valence-corrected chi connectivity index (χ3v) is 2.90. The van der Waals surface area contributed by atoms with E-state index in [2.05, 4.69) is 29.0 Å². The number of nitrogens with two attached hydrogens (primary N) is 1. The van der Waals surface area contributed by atoms with Gasteiger partial charge in [-0.05, 0) is 30.0 Å². The van der Waals surface area contributed by atoms with Gasteiger partial charge in [-0.1, -0.05) is 13.8 Å². The van der Waals surface area contributed by atoms with Crippen LogP contribution in [0.3, 0.4) is 0 Å². The summed E-state index contributed by atoms with van der Waals surface area (Å²) in [6, 6.07) is 3.90. The van der Waals surface area contributed by atoms with Crippen molar-refractivity contribution in [2.24, 2.45) is 0 Å². The first-order chi connectivity index (χ1) is 7.74. The van der Waals surface area contributed by atoms with E-state index in [1.165, 1.54) is 0 Å². The molecule has 0 aliphatic heterocycles. The van der Waals surface area contributed by atoms with Crippen LogP contribution in [0.25, 0.3) is 11.1 Å². The predicted molar refractivity (Wildman–Crippen MR) is 64.9 cm³/mol. The van der Waals surface area contributed by atoms with Crippen LogP contribution in [0.2, 0.25) is 0 Å². The lowest BCUT2D eigenvalue weighted by Crippen LogP contribution is -1.95. The normalized spacial score (nSPS) is 12.6. The molecule has 0 aliphatic rings. The zero-order chi connectivity index (χ0) is 11.5. The fourth-order valence-corrected chi connectivity index (χ4v) is 1.75. The van der Waals surface area contributed by atoms with E-state index in [4.69, 9.17) is 5.73 Å². The number of hydrogen-bond acceptors (Lipinski definition) is 3. The summed E-state index contributed by atoms with van der Waals surface area (Å²) in [5, 5.41) is 7.12. The number of aromatic amines is 1. The summed E-state index contributed by atoms with van der Waals surface area (Å²) in [7, 11) is 0. The van der Waals surface area contributed by atoms with E-state index in [1.807, 2.05) is 12.1 Å². The van der Waals surface area contributed by atoms with Gasteiger partial charge in [0.1, 0.15) is 0 Å². The van der Waals surface area contributed by atoms with Crippen molar-refractivity contribution < 1.29 is 0 Å². The van der Waals surface area contributed by atoms with Gasteiger partial charge in [0, 0.05) is 23.7 Å². The van der Waals surface area contributed by atoms with Crippen LogP contribution in [0.15, 0.2) is 24.5 Å². The van der Waals surface area contributed by atoms with Crippen molar-refractivity contribution in [3.63, 3.8) is 0 Å². The Hall–Kier alpha value is -1.84. The minimum Gasteiger partial charge on any atom is -0.382 e. The predicted octanol–water partition coefficient (Wildman–Crippen LogP) is 2.57. The Labute approximate surface area is 94.9 Å². The molecule has 0 fully saturated rings. The summed E-state index contributed by atoms with van der Waals surface area (Å²) < 4.78 is 0. The number of aromatic nitrogens is 3. The van der Waals surface area contributed by atoms with E-state index < -0.39 is 0 Å². The van der Waals surface area contributed by atoms with Gasteiger partial charge in [0.05, 0.1) is 0 Å². The lowest BCUT2D eigenvalue weighted by molar-refractivity contribution is 0.705. The quantitative estimate of drug-likeness (QED) is 0.828. The van der Waals surface area contributed by atoms with Gasteiger partial charge in [-0.25, -0.2) is 0 Å². The van der Waals surface area contributed by atoms with Crippen molar-refractivity contribution in [3.8, 4) is 11.1 Å². The standard InChI is InChI=1S/C12H16N4/c1-3-8(2)11-10(12(13)16-15-11)9-4-6-14-7-5-9/h4-8H,3H2,1-2H3,(H3,13,15,16). The molecule has 0 radical (unpaired) electrons. The highest BCUT2D eigenvalue weighted by Crippen LogP contribution is 2.32. The van der Waals surface area contributed by atoms with Crippen LogP contribution < -0.4 is 5.73 Å². The highest BCUT2D eigenvalue weighted by Gasteiger charge is 2.16. The van der Waals surface area contributed by atoms with Crippen LogP contribution in [0.1, 0.15) is 31.9 Å². The average Bonchev–Trinajstić information content (AvgIpc) is 2.71. The molecule has 0 bridgehead atoms. The number of anilines is 1. The van der Waals surface area contributed by atoms with Gasteiger partial charge in [-0.3, -0.25) is 10.1 Å². The van der Waals surface area contributed by atoms with Gasteiger partial charge in [0.2, 0.25) is 0 Å². The van der Waals surface area contributed by atoms with Crippen molar-refractivity contribution in [3.05, 3.63) is 30.2 Å². The third-order valence-electron chi connectivity index (χ3n) is 2.90. The average molecular weight is 216 g/mol. The molecule has 2 aromatic rings. The Kier molecular flexibility index (Phi) is 2.90. The van der Waals surface area contributed by atoms with Gasteiger partial charge in [0.15, 0.2) is 5.82 Å². The van der Waals surface area contributed by atoms with Crippen molar-refractivity contribution in [1.82, 2.24) is 15.2 Å². The molecular weight excluding hydrogens is 200 g/mol. The lowest BCUT2D eigenvalue weighted by atomic mass is 9.97. The second-order valence-corrected chi connectivity index (χ2v) is 3.94. The van der Waals surface area contributed by atoms with E-state index in [-0.39, 0.29) is 0 Å². The fourth-order valence-electron chi connectivity index (χ4n) is 1.75. The Balaban J connectivity index is 2.52. The van der Waals surface area contributed by atoms with Crippen LogP contribution in [0, 0.1) is 0 Å². The van der Waals surface area contributed by atoms with Gasteiger partial charge < -0.3 is 5.73 Å². The van der Waals surface area contributed by atoms with Crippen LogP contribution in [0.5, 0.6) is 0 Å². The molecule has 0 saturated carbocycles. The number of pyridine rings is 1. The number of nitrogens with zero attached hydrogens (tertiary/aromatic N) is 2. The van der Waals surface area contributed by atoms with E-state index in [0.29, 0.717) is 11.7 Å². The summed E-state index contributed by atoms with van der Waals surface area (Å²) in [5.41, 5.74) is 9.08. The van der Waals surface area contributed by atoms with Crippen molar-refractivity contribution >= 4 is 5.82 Å². The molecule has 2 heterocycles. The third kappa shape index (κ3) is 1.78. The summed E-state index contributed by atoms with van der Waals surface area (Å²) in [6.07, 6.45) is 4.59. The number of hydrogen-bond donors (Lipinski definition) is 2.